The zero-order chi connectivity index (χ0) is 22.0. The second kappa shape index (κ2) is 7.04. The van der Waals surface area contributed by atoms with Crippen LogP contribution in [0.1, 0.15) is 56.0 Å². The summed E-state index contributed by atoms with van der Waals surface area (Å²) in [7, 11) is 0. The molecule has 1 spiro atoms. The number of carboxylic acids is 1. The summed E-state index contributed by atoms with van der Waals surface area (Å²) in [5.74, 6) is -0.0622. The van der Waals surface area contributed by atoms with Crippen LogP contribution in [-0.4, -0.2) is 31.5 Å². The molecule has 6 rings (SSSR count). The number of hydrogen-bond acceptors (Lipinski definition) is 4. The maximum absolute atomic E-state index is 13.4. The molecule has 3 heterocycles. The lowest BCUT2D eigenvalue weighted by molar-refractivity contribution is -0.143. The van der Waals surface area contributed by atoms with Crippen molar-refractivity contribution in [3.63, 3.8) is 0 Å². The van der Waals surface area contributed by atoms with Crippen molar-refractivity contribution in [2.24, 2.45) is 5.92 Å². The molecule has 8 heteroatoms. The van der Waals surface area contributed by atoms with Crippen LogP contribution < -0.4 is 4.90 Å². The molecule has 0 radical (unpaired) electrons. The lowest BCUT2D eigenvalue weighted by atomic mass is 9.86. The number of pyridine rings is 1. The zero-order valence-corrected chi connectivity index (χ0v) is 18.3. The minimum atomic E-state index is -0.715. The van der Waals surface area contributed by atoms with E-state index in [0.717, 1.165) is 53.8 Å². The Morgan fingerprint density at radius 1 is 1.19 bits per heavy atom. The molecular formula is C24H23ClN4O3. The molecule has 0 unspecified atom stereocenters. The molecule has 1 aliphatic heterocycles. The monoisotopic (exact) mass is 450 g/mol. The number of rotatable bonds is 4. The van der Waals surface area contributed by atoms with Gasteiger partial charge in [0.2, 0.25) is 5.91 Å². The van der Waals surface area contributed by atoms with Gasteiger partial charge in [-0.2, -0.15) is 0 Å². The second-order valence-electron chi connectivity index (χ2n) is 9.24. The zero-order valence-electron chi connectivity index (χ0n) is 17.5. The number of carboxylic acid groups (broad SMARTS) is 1. The highest BCUT2D eigenvalue weighted by atomic mass is 35.5. The molecule has 7 nitrogen and oxygen atoms in total. The van der Waals surface area contributed by atoms with E-state index >= 15 is 0 Å². The van der Waals surface area contributed by atoms with Crippen molar-refractivity contribution in [2.75, 3.05) is 4.90 Å². The number of amides is 1. The van der Waals surface area contributed by atoms with Gasteiger partial charge in [0.1, 0.15) is 5.82 Å². The molecule has 2 saturated carbocycles. The van der Waals surface area contributed by atoms with Gasteiger partial charge in [-0.25, -0.2) is 4.98 Å². The number of hydrogen-bond donors (Lipinski definition) is 1. The van der Waals surface area contributed by atoms with E-state index in [9.17, 15) is 14.7 Å². The Morgan fingerprint density at radius 2 is 1.97 bits per heavy atom. The van der Waals surface area contributed by atoms with Gasteiger partial charge in [0.15, 0.2) is 0 Å². The van der Waals surface area contributed by atoms with Crippen LogP contribution in [0.3, 0.4) is 0 Å². The molecule has 3 aliphatic rings. The Labute approximate surface area is 190 Å². The summed E-state index contributed by atoms with van der Waals surface area (Å²) < 4.78 is 2.21. The Bertz CT molecular complexity index is 1260. The van der Waals surface area contributed by atoms with Crippen molar-refractivity contribution in [1.82, 2.24) is 14.5 Å². The average molecular weight is 451 g/mol. The van der Waals surface area contributed by atoms with Gasteiger partial charge in [-0.15, -0.1) is 0 Å². The summed E-state index contributed by atoms with van der Waals surface area (Å²) >= 11 is 6.24. The number of halogens is 1. The Balaban J connectivity index is 1.40. The van der Waals surface area contributed by atoms with Crippen LogP contribution in [0.4, 0.5) is 5.69 Å². The Hall–Kier alpha value is -2.93. The van der Waals surface area contributed by atoms with Crippen LogP contribution in [-0.2, 0) is 21.5 Å². The molecule has 2 fully saturated rings. The van der Waals surface area contributed by atoms with Crippen LogP contribution >= 0.6 is 11.6 Å². The van der Waals surface area contributed by atoms with E-state index in [1.54, 1.807) is 12.4 Å². The van der Waals surface area contributed by atoms with Crippen molar-refractivity contribution in [2.45, 2.75) is 56.5 Å². The number of carbonyl (C=O) groups excluding carboxylic acids is 1. The van der Waals surface area contributed by atoms with Gasteiger partial charge in [-0.05, 0) is 68.4 Å². The van der Waals surface area contributed by atoms with Crippen molar-refractivity contribution >= 4 is 40.2 Å². The van der Waals surface area contributed by atoms with E-state index in [1.165, 1.54) is 0 Å². The van der Waals surface area contributed by atoms with E-state index in [-0.39, 0.29) is 23.3 Å². The number of fused-ring (bicyclic) bond motifs is 3. The largest absolute Gasteiger partial charge is 0.481 e. The van der Waals surface area contributed by atoms with E-state index in [1.807, 2.05) is 29.2 Å². The van der Waals surface area contributed by atoms with Crippen LogP contribution in [0.5, 0.6) is 0 Å². The standard InChI is InChI=1S/C24H23ClN4O3/c25-15-3-6-19-18(11-15)27-21(29(19)16-4-1-14(2-5-16)22(30)31)13-28-20-12-26-10-7-17(20)24(8-9-24)23(28)32/h3,6-7,10-12,14,16H,1-2,4-5,8-9,13H2,(H,30,31). The summed E-state index contributed by atoms with van der Waals surface area (Å²) in [5, 5.41) is 10.0. The SMILES string of the molecule is O=C(O)C1CCC(n2c(CN3C(=O)C4(CC4)c4ccncc43)nc3cc(Cl)ccc32)CC1. The lowest BCUT2D eigenvalue weighted by Crippen LogP contribution is -2.33. The summed E-state index contributed by atoms with van der Waals surface area (Å²) in [4.78, 5) is 35.8. The topological polar surface area (TPSA) is 88.3 Å². The number of nitrogens with zero attached hydrogens (tertiary/aromatic N) is 4. The third kappa shape index (κ3) is 2.87. The number of imidazole rings is 1. The number of aliphatic carboxylic acids is 1. The molecular weight excluding hydrogens is 428 g/mol. The fraction of sp³-hybridized carbons (Fsp3) is 0.417. The first-order chi connectivity index (χ1) is 15.5. The summed E-state index contributed by atoms with van der Waals surface area (Å²) in [6, 6.07) is 7.79. The first-order valence-corrected chi connectivity index (χ1v) is 11.5. The fourth-order valence-electron chi connectivity index (χ4n) is 5.62. The van der Waals surface area contributed by atoms with E-state index in [2.05, 4.69) is 9.55 Å². The van der Waals surface area contributed by atoms with Gasteiger partial charge in [0.05, 0.1) is 40.8 Å². The van der Waals surface area contributed by atoms with Crippen molar-refractivity contribution in [3.8, 4) is 0 Å². The van der Waals surface area contributed by atoms with Gasteiger partial charge in [-0.3, -0.25) is 14.6 Å². The van der Waals surface area contributed by atoms with E-state index < -0.39 is 5.97 Å². The van der Waals surface area contributed by atoms with Crippen LogP contribution in [0.15, 0.2) is 36.7 Å². The first-order valence-electron chi connectivity index (χ1n) is 11.1. The number of anilines is 1. The maximum Gasteiger partial charge on any atom is 0.306 e. The molecule has 3 aromatic rings. The fourth-order valence-corrected chi connectivity index (χ4v) is 5.78. The maximum atomic E-state index is 13.4. The highest BCUT2D eigenvalue weighted by Gasteiger charge is 2.59. The van der Waals surface area contributed by atoms with Crippen LogP contribution in [0, 0.1) is 5.92 Å². The van der Waals surface area contributed by atoms with E-state index in [4.69, 9.17) is 16.6 Å². The highest BCUT2D eigenvalue weighted by molar-refractivity contribution is 6.31. The molecule has 0 saturated heterocycles. The summed E-state index contributed by atoms with van der Waals surface area (Å²) in [5.41, 5.74) is 3.35. The smallest absolute Gasteiger partial charge is 0.306 e. The molecule has 0 bridgehead atoms. The average Bonchev–Trinajstić information content (AvgIpc) is 3.48. The van der Waals surface area contributed by atoms with Gasteiger partial charge in [-0.1, -0.05) is 11.6 Å². The van der Waals surface area contributed by atoms with Crippen LogP contribution in [0.2, 0.25) is 5.02 Å². The molecule has 0 atom stereocenters. The molecule has 2 aromatic heterocycles. The first kappa shape index (κ1) is 19.7. The predicted octanol–water partition coefficient (Wildman–Crippen LogP) is 4.48. The van der Waals surface area contributed by atoms with Gasteiger partial charge in [0, 0.05) is 17.3 Å². The minimum absolute atomic E-state index is 0.131. The third-order valence-electron chi connectivity index (χ3n) is 7.45. The Morgan fingerprint density at radius 3 is 2.69 bits per heavy atom. The lowest BCUT2D eigenvalue weighted by Gasteiger charge is -2.29. The number of aromatic nitrogens is 3. The predicted molar refractivity (Wildman–Crippen MR) is 120 cm³/mol. The summed E-state index contributed by atoms with van der Waals surface area (Å²) in [6.07, 6.45) is 8.13. The molecule has 1 amide bonds. The summed E-state index contributed by atoms with van der Waals surface area (Å²) in [6.45, 7) is 0.366. The van der Waals surface area contributed by atoms with E-state index in [0.29, 0.717) is 24.4 Å². The quantitative estimate of drug-likeness (QED) is 0.633. The Kier molecular flexibility index (Phi) is 4.34. The van der Waals surface area contributed by atoms with Crippen LogP contribution in [0.25, 0.3) is 11.0 Å². The van der Waals surface area contributed by atoms with Crippen molar-refractivity contribution in [3.05, 3.63) is 53.1 Å². The number of benzene rings is 1. The highest BCUT2D eigenvalue weighted by Crippen LogP contribution is 2.57. The van der Waals surface area contributed by atoms with Gasteiger partial charge in [0.25, 0.3) is 0 Å². The van der Waals surface area contributed by atoms with Crippen molar-refractivity contribution < 1.29 is 14.7 Å². The minimum Gasteiger partial charge on any atom is -0.481 e. The molecule has 2 aliphatic carbocycles. The van der Waals surface area contributed by atoms with Crippen molar-refractivity contribution in [1.29, 1.82) is 0 Å². The normalized spacial score (nSPS) is 23.7. The third-order valence-corrected chi connectivity index (χ3v) is 7.68. The molecule has 32 heavy (non-hydrogen) atoms. The van der Waals surface area contributed by atoms with Gasteiger partial charge < -0.3 is 14.6 Å². The molecule has 1 N–H and O–H groups in total. The molecule has 1 aromatic carbocycles. The van der Waals surface area contributed by atoms with Gasteiger partial charge >= 0.3 is 5.97 Å². The number of carbonyl (C=O) groups is 2. The second-order valence-corrected chi connectivity index (χ2v) is 9.68. The molecule has 164 valence electrons.